The maximum absolute atomic E-state index is 11.7. The Morgan fingerprint density at radius 3 is 2.92 bits per heavy atom. The van der Waals surface area contributed by atoms with Crippen molar-refractivity contribution in [3.63, 3.8) is 0 Å². The molecule has 2 aromatic carbocycles. The van der Waals surface area contributed by atoms with Crippen LogP contribution in [0.15, 0.2) is 48.7 Å². The van der Waals surface area contributed by atoms with Crippen molar-refractivity contribution in [1.82, 2.24) is 15.0 Å². The SMILES string of the molecule is COC(=O)c1ccc2[nH]cc(CNc3nc4ccccc4[nH]3)c2c1. The minimum absolute atomic E-state index is 0.339. The fraction of sp³-hybridized carbons (Fsp3) is 0.111. The molecule has 0 aliphatic carbocycles. The second kappa shape index (κ2) is 5.73. The van der Waals surface area contributed by atoms with Gasteiger partial charge in [-0.1, -0.05) is 12.1 Å². The minimum atomic E-state index is -0.339. The number of esters is 1. The Labute approximate surface area is 137 Å². The van der Waals surface area contributed by atoms with Crippen molar-refractivity contribution in [3.05, 3.63) is 59.8 Å². The highest BCUT2D eigenvalue weighted by atomic mass is 16.5. The molecule has 0 saturated heterocycles. The number of rotatable bonds is 4. The summed E-state index contributed by atoms with van der Waals surface area (Å²) in [6.45, 7) is 0.588. The number of anilines is 1. The van der Waals surface area contributed by atoms with Crippen LogP contribution < -0.4 is 5.32 Å². The van der Waals surface area contributed by atoms with E-state index in [1.807, 2.05) is 42.6 Å². The lowest BCUT2D eigenvalue weighted by Crippen LogP contribution is -2.02. The predicted molar refractivity (Wildman–Crippen MR) is 93.1 cm³/mol. The Kier molecular flexibility index (Phi) is 3.42. The van der Waals surface area contributed by atoms with Crippen LogP contribution in [0.3, 0.4) is 0 Å². The molecule has 0 amide bonds. The van der Waals surface area contributed by atoms with E-state index in [4.69, 9.17) is 4.74 Å². The maximum Gasteiger partial charge on any atom is 0.337 e. The van der Waals surface area contributed by atoms with Crippen LogP contribution in [0.25, 0.3) is 21.9 Å². The summed E-state index contributed by atoms with van der Waals surface area (Å²) in [7, 11) is 1.38. The lowest BCUT2D eigenvalue weighted by molar-refractivity contribution is 0.0601. The van der Waals surface area contributed by atoms with Gasteiger partial charge in [0.25, 0.3) is 0 Å². The van der Waals surface area contributed by atoms with Gasteiger partial charge < -0.3 is 20.0 Å². The number of H-pyrrole nitrogens is 2. The van der Waals surface area contributed by atoms with Gasteiger partial charge in [-0.25, -0.2) is 9.78 Å². The minimum Gasteiger partial charge on any atom is -0.465 e. The summed E-state index contributed by atoms with van der Waals surface area (Å²) in [6.07, 6.45) is 1.93. The van der Waals surface area contributed by atoms with E-state index in [2.05, 4.69) is 20.3 Å². The molecule has 4 aromatic rings. The van der Waals surface area contributed by atoms with Gasteiger partial charge in [-0.05, 0) is 35.9 Å². The molecule has 2 aromatic heterocycles. The number of hydrogen-bond donors (Lipinski definition) is 3. The molecule has 0 radical (unpaired) electrons. The standard InChI is InChI=1S/C18H16N4O2/c1-24-17(23)11-6-7-14-13(8-11)12(9-19-14)10-20-18-21-15-4-2-3-5-16(15)22-18/h2-9,19H,10H2,1H3,(H2,20,21,22). The number of carbonyl (C=O) groups excluding carboxylic acids is 1. The smallest absolute Gasteiger partial charge is 0.337 e. The number of hydrogen-bond acceptors (Lipinski definition) is 4. The quantitative estimate of drug-likeness (QED) is 0.503. The molecule has 6 nitrogen and oxygen atoms in total. The summed E-state index contributed by atoms with van der Waals surface area (Å²) < 4.78 is 4.78. The van der Waals surface area contributed by atoms with E-state index in [1.54, 1.807) is 6.07 Å². The van der Waals surface area contributed by atoms with E-state index in [0.717, 1.165) is 33.4 Å². The number of aromatic nitrogens is 3. The van der Waals surface area contributed by atoms with Gasteiger partial charge in [0.2, 0.25) is 5.95 Å². The molecular formula is C18H16N4O2. The maximum atomic E-state index is 11.7. The number of ether oxygens (including phenoxy) is 1. The average Bonchev–Trinajstić information content (AvgIpc) is 3.22. The van der Waals surface area contributed by atoms with Gasteiger partial charge in [0.15, 0.2) is 0 Å². The Morgan fingerprint density at radius 1 is 1.21 bits per heavy atom. The highest BCUT2D eigenvalue weighted by Gasteiger charge is 2.10. The molecule has 0 saturated carbocycles. The Morgan fingerprint density at radius 2 is 2.08 bits per heavy atom. The van der Waals surface area contributed by atoms with Gasteiger partial charge >= 0.3 is 5.97 Å². The molecule has 24 heavy (non-hydrogen) atoms. The van der Waals surface area contributed by atoms with E-state index >= 15 is 0 Å². The number of fused-ring (bicyclic) bond motifs is 2. The number of methoxy groups -OCH3 is 1. The lowest BCUT2D eigenvalue weighted by atomic mass is 10.1. The summed E-state index contributed by atoms with van der Waals surface area (Å²) in [5, 5.41) is 4.28. The molecule has 0 bridgehead atoms. The molecule has 4 rings (SSSR count). The topological polar surface area (TPSA) is 82.8 Å². The molecule has 0 aliphatic rings. The van der Waals surface area contributed by atoms with E-state index in [0.29, 0.717) is 12.1 Å². The van der Waals surface area contributed by atoms with Crippen molar-refractivity contribution in [2.45, 2.75) is 6.54 Å². The molecule has 0 atom stereocenters. The van der Waals surface area contributed by atoms with Crippen LogP contribution in [0.4, 0.5) is 5.95 Å². The number of para-hydroxylation sites is 2. The van der Waals surface area contributed by atoms with Crippen LogP contribution in [-0.4, -0.2) is 28.0 Å². The second-order valence-corrected chi connectivity index (χ2v) is 5.52. The Bertz CT molecular complexity index is 999. The average molecular weight is 320 g/mol. The number of aromatic amines is 2. The molecular weight excluding hydrogens is 304 g/mol. The van der Waals surface area contributed by atoms with Gasteiger partial charge in [0.05, 0.1) is 23.7 Å². The number of imidazole rings is 1. The summed E-state index contributed by atoms with van der Waals surface area (Å²) in [4.78, 5) is 22.7. The highest BCUT2D eigenvalue weighted by Crippen LogP contribution is 2.22. The zero-order valence-electron chi connectivity index (χ0n) is 13.1. The first kappa shape index (κ1) is 14.3. The normalized spacial score (nSPS) is 11.0. The molecule has 0 aliphatic heterocycles. The van der Waals surface area contributed by atoms with Crippen LogP contribution in [0, 0.1) is 0 Å². The van der Waals surface area contributed by atoms with E-state index in [9.17, 15) is 4.79 Å². The van der Waals surface area contributed by atoms with Crippen molar-refractivity contribution >= 4 is 33.9 Å². The molecule has 3 N–H and O–H groups in total. The van der Waals surface area contributed by atoms with Crippen molar-refractivity contribution < 1.29 is 9.53 Å². The molecule has 0 fully saturated rings. The third-order valence-electron chi connectivity index (χ3n) is 4.02. The third-order valence-corrected chi connectivity index (χ3v) is 4.02. The summed E-state index contributed by atoms with van der Waals surface area (Å²) in [5.74, 6) is 0.379. The number of nitrogens with one attached hydrogen (secondary N) is 3. The van der Waals surface area contributed by atoms with Crippen LogP contribution in [0.5, 0.6) is 0 Å². The van der Waals surface area contributed by atoms with Gasteiger partial charge in [-0.15, -0.1) is 0 Å². The van der Waals surface area contributed by atoms with Crippen molar-refractivity contribution in [3.8, 4) is 0 Å². The van der Waals surface area contributed by atoms with Gasteiger partial charge in [-0.3, -0.25) is 0 Å². The second-order valence-electron chi connectivity index (χ2n) is 5.52. The van der Waals surface area contributed by atoms with Crippen LogP contribution in [-0.2, 0) is 11.3 Å². The largest absolute Gasteiger partial charge is 0.465 e. The van der Waals surface area contributed by atoms with Gasteiger partial charge in [0.1, 0.15) is 0 Å². The van der Waals surface area contributed by atoms with Crippen molar-refractivity contribution in [1.29, 1.82) is 0 Å². The fourth-order valence-electron chi connectivity index (χ4n) is 2.78. The monoisotopic (exact) mass is 320 g/mol. The van der Waals surface area contributed by atoms with Crippen molar-refractivity contribution in [2.24, 2.45) is 0 Å². The zero-order valence-corrected chi connectivity index (χ0v) is 13.1. The lowest BCUT2D eigenvalue weighted by Gasteiger charge is -2.03. The first-order valence-electron chi connectivity index (χ1n) is 7.61. The zero-order chi connectivity index (χ0) is 16.5. The Hall–Kier alpha value is -3.28. The number of carbonyl (C=O) groups is 1. The summed E-state index contributed by atoms with van der Waals surface area (Å²) >= 11 is 0. The fourth-order valence-corrected chi connectivity index (χ4v) is 2.78. The third kappa shape index (κ3) is 2.48. The molecule has 6 heteroatoms. The Balaban J connectivity index is 1.60. The van der Waals surface area contributed by atoms with Gasteiger partial charge in [-0.2, -0.15) is 0 Å². The molecule has 120 valence electrons. The van der Waals surface area contributed by atoms with Gasteiger partial charge in [0, 0.05) is 23.6 Å². The molecule has 0 spiro atoms. The molecule has 0 unspecified atom stereocenters. The van der Waals surface area contributed by atoms with E-state index in [-0.39, 0.29) is 5.97 Å². The number of benzene rings is 2. The summed E-state index contributed by atoms with van der Waals surface area (Å²) in [5.41, 5.74) is 4.48. The van der Waals surface area contributed by atoms with E-state index < -0.39 is 0 Å². The van der Waals surface area contributed by atoms with Crippen LogP contribution in [0.1, 0.15) is 15.9 Å². The van der Waals surface area contributed by atoms with E-state index in [1.165, 1.54) is 7.11 Å². The number of nitrogens with zero attached hydrogens (tertiary/aromatic N) is 1. The first-order chi connectivity index (χ1) is 11.7. The highest BCUT2D eigenvalue weighted by molar-refractivity contribution is 5.95. The van der Waals surface area contributed by atoms with Crippen LogP contribution in [0.2, 0.25) is 0 Å². The molecule has 2 heterocycles. The van der Waals surface area contributed by atoms with Crippen molar-refractivity contribution in [2.75, 3.05) is 12.4 Å². The first-order valence-corrected chi connectivity index (χ1v) is 7.61. The van der Waals surface area contributed by atoms with Crippen LogP contribution >= 0.6 is 0 Å². The predicted octanol–water partition coefficient (Wildman–Crippen LogP) is 3.44. The summed E-state index contributed by atoms with van der Waals surface area (Å²) in [6, 6.07) is 13.4.